The average Bonchev–Trinajstić information content (AvgIpc) is 3.20. The van der Waals surface area contributed by atoms with Crippen LogP contribution in [0.3, 0.4) is 0 Å². The summed E-state index contributed by atoms with van der Waals surface area (Å²) in [4.78, 5) is 40.1. The predicted octanol–water partition coefficient (Wildman–Crippen LogP) is 0.851. The van der Waals surface area contributed by atoms with Crippen molar-refractivity contribution in [3.63, 3.8) is 0 Å². The molecule has 2 amide bonds. The molecular weight excluding hydrogens is 396 g/mol. The molecule has 31 heavy (non-hydrogen) atoms. The minimum atomic E-state index is 0.00544. The molecule has 4 rings (SSSR count). The van der Waals surface area contributed by atoms with Crippen molar-refractivity contribution in [2.45, 2.75) is 44.6 Å². The number of likely N-dealkylation sites (tertiary alicyclic amines) is 2. The van der Waals surface area contributed by atoms with E-state index in [1.807, 2.05) is 16.8 Å². The summed E-state index contributed by atoms with van der Waals surface area (Å²) >= 11 is 0. The van der Waals surface area contributed by atoms with Gasteiger partial charge in [0.15, 0.2) is 0 Å². The molecule has 2 fully saturated rings. The van der Waals surface area contributed by atoms with Crippen LogP contribution in [-0.4, -0.2) is 96.5 Å². The highest BCUT2D eigenvalue weighted by Crippen LogP contribution is 2.29. The number of carbonyl (C=O) groups is 2. The van der Waals surface area contributed by atoms with Crippen LogP contribution in [0.2, 0.25) is 0 Å². The SMILES string of the molecule is CNc1nc([C@H]2CCCN(C(=O)COCCN3CCCC3=O)C2)nc2c1CN(C)CC2. The van der Waals surface area contributed by atoms with E-state index in [1.54, 1.807) is 0 Å². The number of hydrogen-bond donors (Lipinski definition) is 1. The molecule has 3 aliphatic rings. The van der Waals surface area contributed by atoms with E-state index in [4.69, 9.17) is 14.7 Å². The maximum absolute atomic E-state index is 12.7. The Bertz CT molecular complexity index is 799. The molecular formula is C22H34N6O3. The lowest BCUT2D eigenvalue weighted by Gasteiger charge is -2.33. The zero-order valence-electron chi connectivity index (χ0n) is 18.7. The van der Waals surface area contributed by atoms with Crippen LogP contribution < -0.4 is 5.32 Å². The second kappa shape index (κ2) is 9.91. The Morgan fingerprint density at radius 1 is 1.19 bits per heavy atom. The number of piperidine rings is 1. The summed E-state index contributed by atoms with van der Waals surface area (Å²) in [6, 6.07) is 0. The third-order valence-corrected chi connectivity index (χ3v) is 6.55. The number of aromatic nitrogens is 2. The highest BCUT2D eigenvalue weighted by Gasteiger charge is 2.29. The summed E-state index contributed by atoms with van der Waals surface area (Å²) in [5, 5.41) is 3.24. The van der Waals surface area contributed by atoms with Gasteiger partial charge < -0.3 is 24.8 Å². The minimum absolute atomic E-state index is 0.00544. The number of anilines is 1. The largest absolute Gasteiger partial charge is 0.373 e. The lowest BCUT2D eigenvalue weighted by molar-refractivity contribution is -0.137. The Labute approximate surface area is 184 Å². The van der Waals surface area contributed by atoms with Gasteiger partial charge in [0.1, 0.15) is 18.2 Å². The van der Waals surface area contributed by atoms with Gasteiger partial charge in [0.25, 0.3) is 0 Å². The number of ether oxygens (including phenoxy) is 1. The molecule has 0 spiro atoms. The fourth-order valence-electron chi connectivity index (χ4n) is 4.74. The number of likely N-dealkylation sites (N-methyl/N-ethyl adjacent to an activating group) is 1. The molecule has 1 atom stereocenters. The first kappa shape index (κ1) is 22.0. The smallest absolute Gasteiger partial charge is 0.248 e. The molecule has 2 saturated heterocycles. The van der Waals surface area contributed by atoms with E-state index in [0.29, 0.717) is 26.1 Å². The van der Waals surface area contributed by atoms with Crippen LogP contribution in [0.4, 0.5) is 5.82 Å². The summed E-state index contributed by atoms with van der Waals surface area (Å²) in [5.41, 5.74) is 2.32. The molecule has 0 unspecified atom stereocenters. The zero-order chi connectivity index (χ0) is 21.8. The third kappa shape index (κ3) is 5.15. The molecule has 170 valence electrons. The standard InChI is InChI=1S/C22H34N6O3/c1-23-22-17-14-26(2)10-7-18(17)24-21(25-22)16-5-3-9-28(13-16)20(30)15-31-12-11-27-8-4-6-19(27)29/h16H,3-15H2,1-2H3,(H,23,24,25)/t16-/m0/s1. The number of nitrogens with zero attached hydrogens (tertiary/aromatic N) is 5. The molecule has 0 radical (unpaired) electrons. The van der Waals surface area contributed by atoms with Crippen LogP contribution in [0.25, 0.3) is 0 Å². The number of hydrogen-bond acceptors (Lipinski definition) is 7. The quantitative estimate of drug-likeness (QED) is 0.642. The number of nitrogens with one attached hydrogen (secondary N) is 1. The fraction of sp³-hybridized carbons (Fsp3) is 0.727. The highest BCUT2D eigenvalue weighted by atomic mass is 16.5. The maximum Gasteiger partial charge on any atom is 0.248 e. The molecule has 0 saturated carbocycles. The normalized spacial score (nSPS) is 22.0. The number of amides is 2. The van der Waals surface area contributed by atoms with Crippen LogP contribution in [0.15, 0.2) is 0 Å². The van der Waals surface area contributed by atoms with Gasteiger partial charge in [-0.05, 0) is 26.3 Å². The molecule has 0 aliphatic carbocycles. The van der Waals surface area contributed by atoms with E-state index < -0.39 is 0 Å². The van der Waals surface area contributed by atoms with Crippen LogP contribution in [0, 0.1) is 0 Å². The van der Waals surface area contributed by atoms with E-state index in [-0.39, 0.29) is 24.3 Å². The van der Waals surface area contributed by atoms with E-state index in [1.165, 1.54) is 5.56 Å². The van der Waals surface area contributed by atoms with Crippen molar-refractivity contribution in [3.8, 4) is 0 Å². The van der Waals surface area contributed by atoms with Crippen molar-refractivity contribution in [3.05, 3.63) is 17.1 Å². The number of carbonyl (C=O) groups excluding carboxylic acids is 2. The van der Waals surface area contributed by atoms with E-state index >= 15 is 0 Å². The van der Waals surface area contributed by atoms with Gasteiger partial charge in [-0.25, -0.2) is 9.97 Å². The fourth-order valence-corrected chi connectivity index (χ4v) is 4.74. The van der Waals surface area contributed by atoms with E-state index in [0.717, 1.165) is 69.2 Å². The van der Waals surface area contributed by atoms with Crippen LogP contribution in [0.1, 0.15) is 48.7 Å². The zero-order valence-corrected chi connectivity index (χ0v) is 18.7. The molecule has 1 aromatic heterocycles. The molecule has 9 nitrogen and oxygen atoms in total. The Morgan fingerprint density at radius 2 is 2.06 bits per heavy atom. The van der Waals surface area contributed by atoms with Gasteiger partial charge in [-0.3, -0.25) is 9.59 Å². The van der Waals surface area contributed by atoms with Crippen molar-refractivity contribution in [1.29, 1.82) is 0 Å². The van der Waals surface area contributed by atoms with Crippen LogP contribution in [0.5, 0.6) is 0 Å². The van der Waals surface area contributed by atoms with Gasteiger partial charge in [-0.1, -0.05) is 0 Å². The number of fused-ring (bicyclic) bond motifs is 1. The van der Waals surface area contributed by atoms with Gasteiger partial charge in [0.05, 0.1) is 12.3 Å². The Morgan fingerprint density at radius 3 is 2.84 bits per heavy atom. The summed E-state index contributed by atoms with van der Waals surface area (Å²) in [6.45, 7) is 5.09. The molecule has 0 aromatic carbocycles. The van der Waals surface area contributed by atoms with Crippen molar-refractivity contribution < 1.29 is 14.3 Å². The first-order valence-corrected chi connectivity index (χ1v) is 11.4. The molecule has 4 heterocycles. The van der Waals surface area contributed by atoms with Crippen molar-refractivity contribution in [2.75, 3.05) is 65.3 Å². The monoisotopic (exact) mass is 430 g/mol. The van der Waals surface area contributed by atoms with Gasteiger partial charge in [0.2, 0.25) is 11.8 Å². The lowest BCUT2D eigenvalue weighted by Crippen LogP contribution is -2.42. The van der Waals surface area contributed by atoms with Gasteiger partial charge in [-0.15, -0.1) is 0 Å². The molecule has 1 aromatic rings. The third-order valence-electron chi connectivity index (χ3n) is 6.55. The van der Waals surface area contributed by atoms with E-state index in [2.05, 4.69) is 17.3 Å². The lowest BCUT2D eigenvalue weighted by atomic mass is 9.96. The molecule has 3 aliphatic heterocycles. The molecule has 9 heteroatoms. The summed E-state index contributed by atoms with van der Waals surface area (Å²) < 4.78 is 5.59. The Kier molecular flexibility index (Phi) is 7.02. The van der Waals surface area contributed by atoms with Crippen molar-refractivity contribution in [2.24, 2.45) is 0 Å². The maximum atomic E-state index is 12.7. The minimum Gasteiger partial charge on any atom is -0.373 e. The summed E-state index contributed by atoms with van der Waals surface area (Å²) in [7, 11) is 4.02. The first-order chi connectivity index (χ1) is 15.0. The first-order valence-electron chi connectivity index (χ1n) is 11.4. The van der Waals surface area contributed by atoms with Gasteiger partial charge >= 0.3 is 0 Å². The van der Waals surface area contributed by atoms with Crippen LogP contribution in [-0.2, 0) is 27.3 Å². The summed E-state index contributed by atoms with van der Waals surface area (Å²) in [6.07, 6.45) is 4.41. The second-order valence-corrected chi connectivity index (χ2v) is 8.81. The molecule has 0 bridgehead atoms. The second-order valence-electron chi connectivity index (χ2n) is 8.81. The number of rotatable bonds is 7. The van der Waals surface area contributed by atoms with Crippen LogP contribution >= 0.6 is 0 Å². The Balaban J connectivity index is 1.33. The predicted molar refractivity (Wildman–Crippen MR) is 117 cm³/mol. The van der Waals surface area contributed by atoms with Gasteiger partial charge in [-0.2, -0.15) is 0 Å². The van der Waals surface area contributed by atoms with E-state index in [9.17, 15) is 9.59 Å². The van der Waals surface area contributed by atoms with Crippen molar-refractivity contribution >= 4 is 17.6 Å². The topological polar surface area (TPSA) is 90.9 Å². The van der Waals surface area contributed by atoms with Crippen molar-refractivity contribution in [1.82, 2.24) is 24.7 Å². The highest BCUT2D eigenvalue weighted by molar-refractivity contribution is 5.78. The van der Waals surface area contributed by atoms with Gasteiger partial charge in [0, 0.05) is 70.6 Å². The summed E-state index contributed by atoms with van der Waals surface area (Å²) in [5.74, 6) is 2.10. The Hall–Kier alpha value is -2.26. The molecule has 1 N–H and O–H groups in total. The average molecular weight is 431 g/mol.